The van der Waals surface area contributed by atoms with Crippen LogP contribution in [0.4, 0.5) is 11.4 Å². The van der Waals surface area contributed by atoms with Crippen molar-refractivity contribution in [1.82, 2.24) is 5.32 Å². The summed E-state index contributed by atoms with van der Waals surface area (Å²) in [5, 5.41) is 6.08. The van der Waals surface area contributed by atoms with E-state index in [1.807, 2.05) is 19.1 Å². The Morgan fingerprint density at radius 3 is 2.80 bits per heavy atom. The fourth-order valence-electron chi connectivity index (χ4n) is 1.65. The van der Waals surface area contributed by atoms with Crippen molar-refractivity contribution in [1.29, 1.82) is 0 Å². The molecule has 0 spiro atoms. The molecular formula is C15H25N3O2. The molecule has 1 aromatic rings. The van der Waals surface area contributed by atoms with Gasteiger partial charge in [0.25, 0.3) is 0 Å². The molecule has 0 aliphatic carbocycles. The van der Waals surface area contributed by atoms with E-state index in [9.17, 15) is 4.79 Å². The predicted octanol–water partition coefficient (Wildman–Crippen LogP) is 2.24. The molecule has 1 aromatic carbocycles. The van der Waals surface area contributed by atoms with Gasteiger partial charge in [0.1, 0.15) is 5.75 Å². The molecule has 112 valence electrons. The van der Waals surface area contributed by atoms with Gasteiger partial charge in [-0.15, -0.1) is 0 Å². The molecule has 0 atom stereocenters. The van der Waals surface area contributed by atoms with E-state index in [1.54, 1.807) is 6.07 Å². The Kier molecular flexibility index (Phi) is 6.70. The number of rotatable bonds is 8. The molecule has 0 aliphatic heterocycles. The van der Waals surface area contributed by atoms with Crippen LogP contribution in [-0.2, 0) is 4.79 Å². The van der Waals surface area contributed by atoms with Crippen LogP contribution in [0.5, 0.6) is 5.75 Å². The van der Waals surface area contributed by atoms with Crippen LogP contribution in [0.15, 0.2) is 18.2 Å². The van der Waals surface area contributed by atoms with Crippen molar-refractivity contribution in [3.63, 3.8) is 0 Å². The van der Waals surface area contributed by atoms with Crippen molar-refractivity contribution in [3.8, 4) is 5.75 Å². The summed E-state index contributed by atoms with van der Waals surface area (Å²) in [4.78, 5) is 11.6. The molecule has 4 N–H and O–H groups in total. The van der Waals surface area contributed by atoms with Crippen LogP contribution >= 0.6 is 0 Å². The lowest BCUT2D eigenvalue weighted by Crippen LogP contribution is -2.28. The van der Waals surface area contributed by atoms with Crippen molar-refractivity contribution in [2.75, 3.05) is 30.7 Å². The van der Waals surface area contributed by atoms with Crippen LogP contribution in [-0.4, -0.2) is 25.6 Å². The average Bonchev–Trinajstić information content (AvgIpc) is 2.40. The van der Waals surface area contributed by atoms with E-state index < -0.39 is 0 Å². The molecule has 1 rings (SSSR count). The molecule has 0 radical (unpaired) electrons. The molecule has 1 amide bonds. The van der Waals surface area contributed by atoms with E-state index in [4.69, 9.17) is 10.5 Å². The maximum absolute atomic E-state index is 11.6. The summed E-state index contributed by atoms with van der Waals surface area (Å²) in [7, 11) is 0. The van der Waals surface area contributed by atoms with Crippen molar-refractivity contribution in [3.05, 3.63) is 18.2 Å². The molecule has 5 nitrogen and oxygen atoms in total. The Morgan fingerprint density at radius 2 is 2.15 bits per heavy atom. The second-order valence-electron chi connectivity index (χ2n) is 5.06. The van der Waals surface area contributed by atoms with Gasteiger partial charge >= 0.3 is 0 Å². The minimum atomic E-state index is 0.0617. The molecule has 0 fully saturated rings. The lowest BCUT2D eigenvalue weighted by atomic mass is 10.2. The van der Waals surface area contributed by atoms with Gasteiger partial charge in [0.05, 0.1) is 12.3 Å². The number of nitrogen functional groups attached to an aromatic ring is 1. The topological polar surface area (TPSA) is 76.4 Å². The number of hydrogen-bond acceptors (Lipinski definition) is 4. The fourth-order valence-corrected chi connectivity index (χ4v) is 1.65. The fraction of sp³-hybridized carbons (Fsp3) is 0.533. The Bertz CT molecular complexity index is 433. The minimum absolute atomic E-state index is 0.0617. The zero-order chi connectivity index (χ0) is 15.0. The quantitative estimate of drug-likeness (QED) is 0.638. The van der Waals surface area contributed by atoms with Crippen LogP contribution in [0.1, 0.15) is 27.2 Å². The summed E-state index contributed by atoms with van der Waals surface area (Å²) in [5.74, 6) is 1.20. The monoisotopic (exact) mass is 279 g/mol. The van der Waals surface area contributed by atoms with Gasteiger partial charge < -0.3 is 21.1 Å². The number of hydrogen-bond donors (Lipinski definition) is 3. The van der Waals surface area contributed by atoms with E-state index in [2.05, 4.69) is 24.5 Å². The van der Waals surface area contributed by atoms with Gasteiger partial charge in [0, 0.05) is 31.3 Å². The van der Waals surface area contributed by atoms with Crippen LogP contribution < -0.4 is 21.1 Å². The number of nitrogens with one attached hydrogen (secondary N) is 2. The first-order valence-electron chi connectivity index (χ1n) is 7.05. The summed E-state index contributed by atoms with van der Waals surface area (Å²) >= 11 is 0. The van der Waals surface area contributed by atoms with Crippen molar-refractivity contribution < 1.29 is 9.53 Å². The van der Waals surface area contributed by atoms with E-state index in [0.29, 0.717) is 36.9 Å². The first-order chi connectivity index (χ1) is 9.52. The molecule has 0 saturated carbocycles. The standard InChI is InChI=1S/C15H25N3O2/c1-4-20-14-9-12(5-6-13(14)16)17-8-7-15(19)18-10-11(2)3/h5-6,9,11,17H,4,7-8,10,16H2,1-3H3,(H,18,19). The molecule has 0 bridgehead atoms. The van der Waals surface area contributed by atoms with Crippen LogP contribution in [0.3, 0.4) is 0 Å². The highest BCUT2D eigenvalue weighted by atomic mass is 16.5. The summed E-state index contributed by atoms with van der Waals surface area (Å²) in [6.45, 7) is 7.93. The van der Waals surface area contributed by atoms with Gasteiger partial charge in [-0.05, 0) is 25.0 Å². The average molecular weight is 279 g/mol. The number of anilines is 2. The van der Waals surface area contributed by atoms with Gasteiger partial charge in [0.2, 0.25) is 5.91 Å². The third-order valence-electron chi connectivity index (χ3n) is 2.70. The third-order valence-corrected chi connectivity index (χ3v) is 2.70. The van der Waals surface area contributed by atoms with E-state index >= 15 is 0 Å². The molecular weight excluding hydrogens is 254 g/mol. The molecule has 0 heterocycles. The number of ether oxygens (including phenoxy) is 1. The first kappa shape index (κ1) is 16.1. The highest BCUT2D eigenvalue weighted by Gasteiger charge is 2.04. The SMILES string of the molecule is CCOc1cc(NCCC(=O)NCC(C)C)ccc1N. The summed E-state index contributed by atoms with van der Waals surface area (Å²) in [6, 6.07) is 5.53. The van der Waals surface area contributed by atoms with Crippen LogP contribution in [0.2, 0.25) is 0 Å². The molecule has 0 saturated heterocycles. The Balaban J connectivity index is 2.38. The zero-order valence-electron chi connectivity index (χ0n) is 12.5. The molecule has 20 heavy (non-hydrogen) atoms. The maximum Gasteiger partial charge on any atom is 0.221 e. The number of amides is 1. The van der Waals surface area contributed by atoms with Crippen molar-refractivity contribution in [2.24, 2.45) is 5.92 Å². The van der Waals surface area contributed by atoms with E-state index in [0.717, 1.165) is 12.2 Å². The molecule has 0 aliphatic rings. The summed E-state index contributed by atoms with van der Waals surface area (Å²) in [6.07, 6.45) is 0.446. The lowest BCUT2D eigenvalue weighted by Gasteiger charge is -2.11. The maximum atomic E-state index is 11.6. The second kappa shape index (κ2) is 8.30. The largest absolute Gasteiger partial charge is 0.492 e. The van der Waals surface area contributed by atoms with Crippen molar-refractivity contribution in [2.45, 2.75) is 27.2 Å². The number of carbonyl (C=O) groups excluding carboxylic acids is 1. The molecule has 5 heteroatoms. The van der Waals surface area contributed by atoms with Gasteiger partial charge in [-0.25, -0.2) is 0 Å². The van der Waals surface area contributed by atoms with Crippen molar-refractivity contribution >= 4 is 17.3 Å². The predicted molar refractivity (Wildman–Crippen MR) is 83.0 cm³/mol. The highest BCUT2D eigenvalue weighted by Crippen LogP contribution is 2.25. The Labute approximate surface area is 120 Å². The Morgan fingerprint density at radius 1 is 1.40 bits per heavy atom. The number of nitrogens with two attached hydrogens (primary N) is 1. The normalized spacial score (nSPS) is 10.4. The number of benzene rings is 1. The summed E-state index contributed by atoms with van der Waals surface area (Å²) in [5.41, 5.74) is 7.32. The summed E-state index contributed by atoms with van der Waals surface area (Å²) < 4.78 is 5.43. The molecule has 0 unspecified atom stereocenters. The zero-order valence-corrected chi connectivity index (χ0v) is 12.5. The van der Waals surface area contributed by atoms with E-state index in [-0.39, 0.29) is 5.91 Å². The third kappa shape index (κ3) is 5.82. The minimum Gasteiger partial charge on any atom is -0.492 e. The van der Waals surface area contributed by atoms with E-state index in [1.165, 1.54) is 0 Å². The highest BCUT2D eigenvalue weighted by molar-refractivity contribution is 5.76. The second-order valence-corrected chi connectivity index (χ2v) is 5.06. The smallest absolute Gasteiger partial charge is 0.221 e. The lowest BCUT2D eigenvalue weighted by molar-refractivity contribution is -0.120. The first-order valence-corrected chi connectivity index (χ1v) is 7.05. The van der Waals surface area contributed by atoms with Crippen LogP contribution in [0, 0.1) is 5.92 Å². The Hall–Kier alpha value is -1.91. The van der Waals surface area contributed by atoms with Crippen LogP contribution in [0.25, 0.3) is 0 Å². The van der Waals surface area contributed by atoms with Gasteiger partial charge in [-0.1, -0.05) is 13.8 Å². The number of carbonyl (C=O) groups is 1. The van der Waals surface area contributed by atoms with Gasteiger partial charge in [0.15, 0.2) is 0 Å². The van der Waals surface area contributed by atoms with Gasteiger partial charge in [-0.3, -0.25) is 4.79 Å². The molecule has 0 aromatic heterocycles. The van der Waals surface area contributed by atoms with Gasteiger partial charge in [-0.2, -0.15) is 0 Å².